The molecule has 8 heteroatoms. The molecule has 3 rings (SSSR count). The fourth-order valence-electron chi connectivity index (χ4n) is 2.45. The molecular formula is C19H15F2N3O2S. The van der Waals surface area contributed by atoms with E-state index in [1.165, 1.54) is 10.6 Å². The molecule has 138 valence electrons. The minimum atomic E-state index is -1.04. The summed E-state index contributed by atoms with van der Waals surface area (Å²) >= 11 is 1.07. The number of carbonyl (C=O) groups is 1. The second kappa shape index (κ2) is 8.13. The Labute approximate surface area is 157 Å². The van der Waals surface area contributed by atoms with E-state index in [2.05, 4.69) is 16.9 Å². The lowest BCUT2D eigenvalue weighted by Crippen LogP contribution is -2.23. The Morgan fingerprint density at radius 1 is 1.22 bits per heavy atom. The molecule has 1 N–H and O–H groups in total. The van der Waals surface area contributed by atoms with Crippen molar-refractivity contribution in [2.24, 2.45) is 0 Å². The SMILES string of the molecule is C=CCn1c(SCC(=O)Nc2ccc(F)c(F)c2)nc2ccccc2c1=O. The van der Waals surface area contributed by atoms with E-state index in [0.717, 1.165) is 23.9 Å². The van der Waals surface area contributed by atoms with Crippen LogP contribution in [0.5, 0.6) is 0 Å². The first kappa shape index (κ1) is 18.8. The first-order chi connectivity index (χ1) is 13.0. The number of anilines is 1. The van der Waals surface area contributed by atoms with Crippen LogP contribution in [-0.2, 0) is 11.3 Å². The molecule has 0 aliphatic rings. The molecule has 0 unspecified atom stereocenters. The molecule has 0 spiro atoms. The summed E-state index contributed by atoms with van der Waals surface area (Å²) in [6.45, 7) is 3.90. The van der Waals surface area contributed by atoms with Crippen LogP contribution < -0.4 is 10.9 Å². The number of benzene rings is 2. The van der Waals surface area contributed by atoms with Crippen LogP contribution in [0.1, 0.15) is 0 Å². The molecule has 0 aliphatic heterocycles. The average Bonchev–Trinajstić information content (AvgIpc) is 2.66. The van der Waals surface area contributed by atoms with Crippen molar-refractivity contribution in [3.63, 3.8) is 0 Å². The predicted octanol–water partition coefficient (Wildman–Crippen LogP) is 3.59. The predicted molar refractivity (Wildman–Crippen MR) is 102 cm³/mol. The number of nitrogens with zero attached hydrogens (tertiary/aromatic N) is 2. The van der Waals surface area contributed by atoms with Crippen LogP contribution in [0, 0.1) is 11.6 Å². The third-order valence-corrected chi connectivity index (χ3v) is 4.65. The summed E-state index contributed by atoms with van der Waals surface area (Å²) in [5, 5.41) is 3.34. The van der Waals surface area contributed by atoms with Gasteiger partial charge >= 0.3 is 0 Å². The van der Waals surface area contributed by atoms with Crippen molar-refractivity contribution in [1.82, 2.24) is 9.55 Å². The Hall–Kier alpha value is -3.00. The van der Waals surface area contributed by atoms with Crippen LogP contribution in [0.25, 0.3) is 10.9 Å². The lowest BCUT2D eigenvalue weighted by molar-refractivity contribution is -0.113. The molecule has 1 heterocycles. The summed E-state index contributed by atoms with van der Waals surface area (Å²) in [6, 6.07) is 10.0. The molecule has 0 fully saturated rings. The Morgan fingerprint density at radius 2 is 2.00 bits per heavy atom. The second-order valence-corrected chi connectivity index (χ2v) is 6.52. The van der Waals surface area contributed by atoms with Crippen LogP contribution in [0.3, 0.4) is 0 Å². The molecule has 5 nitrogen and oxygen atoms in total. The number of carbonyl (C=O) groups excluding carboxylic acids is 1. The highest BCUT2D eigenvalue weighted by molar-refractivity contribution is 7.99. The van der Waals surface area contributed by atoms with Crippen molar-refractivity contribution < 1.29 is 13.6 Å². The first-order valence-corrected chi connectivity index (χ1v) is 8.96. The minimum Gasteiger partial charge on any atom is -0.325 e. The van der Waals surface area contributed by atoms with Gasteiger partial charge in [0, 0.05) is 18.3 Å². The van der Waals surface area contributed by atoms with Gasteiger partial charge in [0.1, 0.15) is 0 Å². The van der Waals surface area contributed by atoms with Gasteiger partial charge in [-0.25, -0.2) is 13.8 Å². The Bertz CT molecular complexity index is 1080. The number of thioether (sulfide) groups is 1. The standard InChI is InChI=1S/C19H15F2N3O2S/c1-2-9-24-18(26)13-5-3-4-6-16(13)23-19(24)27-11-17(25)22-12-7-8-14(20)15(21)10-12/h2-8,10H,1,9,11H2,(H,22,25). The zero-order valence-electron chi connectivity index (χ0n) is 14.1. The number of hydrogen-bond donors (Lipinski definition) is 1. The maximum absolute atomic E-state index is 13.2. The van der Waals surface area contributed by atoms with Crippen LogP contribution >= 0.6 is 11.8 Å². The number of nitrogens with one attached hydrogen (secondary N) is 1. The van der Waals surface area contributed by atoms with E-state index < -0.39 is 17.5 Å². The van der Waals surface area contributed by atoms with Crippen molar-refractivity contribution in [3.05, 3.63) is 77.1 Å². The third-order valence-electron chi connectivity index (χ3n) is 3.67. The van der Waals surface area contributed by atoms with Gasteiger partial charge in [-0.3, -0.25) is 14.2 Å². The lowest BCUT2D eigenvalue weighted by Gasteiger charge is -2.11. The Kier molecular flexibility index (Phi) is 5.66. The second-order valence-electron chi connectivity index (χ2n) is 5.58. The number of amides is 1. The molecule has 1 aromatic heterocycles. The van der Waals surface area contributed by atoms with E-state index >= 15 is 0 Å². The van der Waals surface area contributed by atoms with E-state index in [9.17, 15) is 18.4 Å². The zero-order valence-corrected chi connectivity index (χ0v) is 14.9. The van der Waals surface area contributed by atoms with Crippen molar-refractivity contribution >= 4 is 34.3 Å². The Balaban J connectivity index is 1.80. The van der Waals surface area contributed by atoms with Gasteiger partial charge in [0.25, 0.3) is 5.56 Å². The molecule has 0 aliphatic carbocycles. The smallest absolute Gasteiger partial charge is 0.262 e. The highest BCUT2D eigenvalue weighted by Gasteiger charge is 2.13. The van der Waals surface area contributed by atoms with Gasteiger partial charge in [0.2, 0.25) is 5.91 Å². The number of para-hydroxylation sites is 1. The summed E-state index contributed by atoms with van der Waals surface area (Å²) < 4.78 is 27.6. The Morgan fingerprint density at radius 3 is 2.74 bits per heavy atom. The van der Waals surface area contributed by atoms with Gasteiger partial charge < -0.3 is 5.32 Å². The van der Waals surface area contributed by atoms with Crippen molar-refractivity contribution in [3.8, 4) is 0 Å². The molecule has 1 amide bonds. The maximum Gasteiger partial charge on any atom is 0.262 e. The first-order valence-electron chi connectivity index (χ1n) is 7.98. The molecule has 2 aromatic carbocycles. The molecule has 0 radical (unpaired) electrons. The van der Waals surface area contributed by atoms with Gasteiger partial charge in [-0.05, 0) is 24.3 Å². The largest absolute Gasteiger partial charge is 0.325 e. The number of fused-ring (bicyclic) bond motifs is 1. The number of allylic oxidation sites excluding steroid dienone is 1. The fraction of sp³-hybridized carbons (Fsp3) is 0.105. The number of aromatic nitrogens is 2. The molecule has 0 bridgehead atoms. The van der Waals surface area contributed by atoms with Crippen LogP contribution in [0.2, 0.25) is 0 Å². The summed E-state index contributed by atoms with van der Waals surface area (Å²) in [7, 11) is 0. The van der Waals surface area contributed by atoms with E-state index in [1.807, 2.05) is 0 Å². The van der Waals surface area contributed by atoms with Gasteiger partial charge in [-0.1, -0.05) is 30.0 Å². The monoisotopic (exact) mass is 387 g/mol. The molecule has 0 atom stereocenters. The quantitative estimate of drug-likeness (QED) is 0.399. The van der Waals surface area contributed by atoms with Crippen LogP contribution in [-0.4, -0.2) is 21.2 Å². The molecule has 27 heavy (non-hydrogen) atoms. The highest BCUT2D eigenvalue weighted by Crippen LogP contribution is 2.19. The van der Waals surface area contributed by atoms with E-state index in [-0.39, 0.29) is 23.5 Å². The average molecular weight is 387 g/mol. The highest BCUT2D eigenvalue weighted by atomic mass is 32.2. The van der Waals surface area contributed by atoms with Gasteiger partial charge in [-0.15, -0.1) is 6.58 Å². The van der Waals surface area contributed by atoms with Crippen molar-refractivity contribution in [2.45, 2.75) is 11.7 Å². The molecule has 0 saturated carbocycles. The molecule has 0 saturated heterocycles. The van der Waals surface area contributed by atoms with E-state index in [0.29, 0.717) is 16.1 Å². The van der Waals surface area contributed by atoms with E-state index in [4.69, 9.17) is 0 Å². The zero-order chi connectivity index (χ0) is 19.4. The fourth-order valence-corrected chi connectivity index (χ4v) is 3.26. The summed E-state index contributed by atoms with van der Waals surface area (Å²) in [4.78, 5) is 29.2. The third kappa shape index (κ3) is 4.22. The minimum absolute atomic E-state index is 0.0546. The summed E-state index contributed by atoms with van der Waals surface area (Å²) in [5.74, 6) is -2.52. The van der Waals surface area contributed by atoms with Crippen LogP contribution in [0.15, 0.2) is 65.1 Å². The lowest BCUT2D eigenvalue weighted by atomic mass is 10.2. The van der Waals surface area contributed by atoms with Gasteiger partial charge in [0.05, 0.1) is 16.7 Å². The number of halogens is 2. The summed E-state index contributed by atoms with van der Waals surface area (Å²) in [6.07, 6.45) is 1.57. The molecular weight excluding hydrogens is 372 g/mol. The topological polar surface area (TPSA) is 64.0 Å². The molecule has 3 aromatic rings. The summed E-state index contributed by atoms with van der Waals surface area (Å²) in [5.41, 5.74) is 0.463. The van der Waals surface area contributed by atoms with E-state index in [1.54, 1.807) is 30.3 Å². The maximum atomic E-state index is 13.2. The number of hydrogen-bond acceptors (Lipinski definition) is 4. The van der Waals surface area contributed by atoms with Crippen molar-refractivity contribution in [1.29, 1.82) is 0 Å². The number of rotatable bonds is 6. The normalized spacial score (nSPS) is 10.7. The van der Waals surface area contributed by atoms with Gasteiger partial charge in [0.15, 0.2) is 16.8 Å². The van der Waals surface area contributed by atoms with Crippen molar-refractivity contribution in [2.75, 3.05) is 11.1 Å². The van der Waals surface area contributed by atoms with Crippen LogP contribution in [0.4, 0.5) is 14.5 Å². The van der Waals surface area contributed by atoms with Gasteiger partial charge in [-0.2, -0.15) is 0 Å².